The number of nitrogens with zero attached hydrogens (tertiary/aromatic N) is 4. The largest absolute Gasteiger partial charge is 0.338 e. The van der Waals surface area contributed by atoms with E-state index in [9.17, 15) is 9.18 Å². The lowest BCUT2D eigenvalue weighted by molar-refractivity contribution is 0.0713. The monoisotopic (exact) mass is 632 g/mol. The number of carbonyl (C=O) groups is 1. The van der Waals surface area contributed by atoms with Crippen LogP contribution in [0.15, 0.2) is 83.5 Å². The Hall–Kier alpha value is -3.79. The van der Waals surface area contributed by atoms with Gasteiger partial charge < -0.3 is 16.0 Å². The minimum atomic E-state index is -0.458. The number of carbonyl (C=O) groups excluding carboxylic acids is 1. The van der Waals surface area contributed by atoms with Crippen molar-refractivity contribution in [3.8, 4) is 11.3 Å². The topological polar surface area (TPSA) is 88.5 Å². The summed E-state index contributed by atoms with van der Waals surface area (Å²) in [6, 6.07) is 22.2. The molecule has 1 fully saturated rings. The first-order valence-electron chi connectivity index (χ1n) is 13.4. The summed E-state index contributed by atoms with van der Waals surface area (Å²) >= 11 is 10.1. The van der Waals surface area contributed by atoms with E-state index in [1.54, 1.807) is 10.7 Å². The Kier molecular flexibility index (Phi) is 7.75. The number of likely N-dealkylation sites (tertiary alicyclic amines) is 1. The average molecular weight is 634 g/mol. The van der Waals surface area contributed by atoms with Gasteiger partial charge in [0.05, 0.1) is 15.2 Å². The third-order valence-corrected chi connectivity index (χ3v) is 8.59. The number of aromatic nitrogens is 3. The van der Waals surface area contributed by atoms with Crippen LogP contribution in [0.4, 0.5) is 15.9 Å². The number of halogens is 3. The van der Waals surface area contributed by atoms with Gasteiger partial charge >= 0.3 is 0 Å². The van der Waals surface area contributed by atoms with Crippen LogP contribution in [-0.2, 0) is 6.54 Å². The maximum absolute atomic E-state index is 14.0. The van der Waals surface area contributed by atoms with Gasteiger partial charge in [0.2, 0.25) is 0 Å². The van der Waals surface area contributed by atoms with Gasteiger partial charge in [-0.2, -0.15) is 9.61 Å². The van der Waals surface area contributed by atoms with E-state index in [0.717, 1.165) is 24.0 Å². The van der Waals surface area contributed by atoms with Crippen LogP contribution in [0.5, 0.6) is 0 Å². The number of anilines is 2. The molecule has 5 aromatic rings. The quantitative estimate of drug-likeness (QED) is 0.207. The number of fused-ring (bicyclic) bond motifs is 1. The van der Waals surface area contributed by atoms with Crippen LogP contribution >= 0.6 is 27.5 Å². The Morgan fingerprint density at radius 3 is 2.54 bits per heavy atom. The van der Waals surface area contributed by atoms with Crippen molar-refractivity contribution in [3.05, 3.63) is 111 Å². The summed E-state index contributed by atoms with van der Waals surface area (Å²) in [5.41, 5.74) is 11.0. The zero-order valence-electron chi connectivity index (χ0n) is 22.0. The molecule has 10 heteroatoms. The molecule has 0 aliphatic carbocycles. The molecule has 6 rings (SSSR count). The minimum Gasteiger partial charge on any atom is -0.338 e. The molecule has 2 aromatic heterocycles. The van der Waals surface area contributed by atoms with Gasteiger partial charge in [0.25, 0.3) is 5.91 Å². The Morgan fingerprint density at radius 1 is 1.07 bits per heavy atom. The van der Waals surface area contributed by atoms with Crippen molar-refractivity contribution in [3.63, 3.8) is 0 Å². The molecule has 208 valence electrons. The number of nitrogens with one attached hydrogen (secondary N) is 1. The number of hydrogen-bond donors (Lipinski definition) is 2. The van der Waals surface area contributed by atoms with Crippen LogP contribution < -0.4 is 11.1 Å². The molecular weight excluding hydrogens is 607 g/mol. The molecule has 0 atom stereocenters. The first kappa shape index (κ1) is 27.4. The molecule has 3 N–H and O–H groups in total. The molecule has 1 amide bonds. The van der Waals surface area contributed by atoms with Crippen LogP contribution in [-0.4, -0.2) is 38.5 Å². The highest BCUT2D eigenvalue weighted by molar-refractivity contribution is 9.10. The van der Waals surface area contributed by atoms with E-state index in [2.05, 4.69) is 50.5 Å². The number of piperidine rings is 1. The molecule has 7 nitrogen and oxygen atoms in total. The first-order chi connectivity index (χ1) is 19.9. The smallest absolute Gasteiger partial charge is 0.259 e. The van der Waals surface area contributed by atoms with Crippen molar-refractivity contribution in [1.29, 1.82) is 0 Å². The van der Waals surface area contributed by atoms with E-state index in [4.69, 9.17) is 22.4 Å². The third-order valence-electron chi connectivity index (χ3n) is 7.55. The zero-order chi connectivity index (χ0) is 28.5. The van der Waals surface area contributed by atoms with Gasteiger partial charge in [-0.25, -0.2) is 9.37 Å². The van der Waals surface area contributed by atoms with Crippen LogP contribution in [0.25, 0.3) is 16.9 Å². The van der Waals surface area contributed by atoms with Crippen LogP contribution in [0.3, 0.4) is 0 Å². The lowest BCUT2D eigenvalue weighted by Crippen LogP contribution is -2.38. The molecule has 0 saturated carbocycles. The Morgan fingerprint density at radius 2 is 1.80 bits per heavy atom. The molecule has 41 heavy (non-hydrogen) atoms. The molecule has 0 spiro atoms. The van der Waals surface area contributed by atoms with E-state index in [1.165, 1.54) is 23.8 Å². The molecule has 0 bridgehead atoms. The van der Waals surface area contributed by atoms with Crippen molar-refractivity contribution in [2.24, 2.45) is 5.73 Å². The van der Waals surface area contributed by atoms with Crippen LogP contribution in [0.2, 0.25) is 5.02 Å². The summed E-state index contributed by atoms with van der Waals surface area (Å²) in [6.07, 6.45) is 3.29. The van der Waals surface area contributed by atoms with Crippen molar-refractivity contribution in [2.45, 2.75) is 25.3 Å². The second-order valence-corrected chi connectivity index (χ2v) is 11.2. The zero-order valence-corrected chi connectivity index (χ0v) is 24.4. The second kappa shape index (κ2) is 11.6. The number of amides is 1. The molecule has 1 aliphatic rings. The fourth-order valence-corrected chi connectivity index (χ4v) is 6.14. The highest BCUT2D eigenvalue weighted by Crippen LogP contribution is 2.36. The van der Waals surface area contributed by atoms with Gasteiger partial charge in [-0.05, 0) is 64.0 Å². The summed E-state index contributed by atoms with van der Waals surface area (Å²) in [7, 11) is 0. The number of rotatable bonds is 6. The minimum absolute atomic E-state index is 0.165. The van der Waals surface area contributed by atoms with Gasteiger partial charge in [-0.1, -0.05) is 66.2 Å². The summed E-state index contributed by atoms with van der Waals surface area (Å²) in [6.45, 7) is 1.57. The Balaban J connectivity index is 1.41. The summed E-state index contributed by atoms with van der Waals surface area (Å²) < 4.78 is 16.1. The first-order valence-corrected chi connectivity index (χ1v) is 14.5. The normalized spacial score (nSPS) is 14.0. The summed E-state index contributed by atoms with van der Waals surface area (Å²) in [4.78, 5) is 20.5. The SMILES string of the molecule is NCc1ccccc1-c1nn2c(Nc3ccc(F)cc3Cl)c(C(=O)N3CCC(c4ccccc4)CC3)cnc2c1Br. The lowest BCUT2D eigenvalue weighted by atomic mass is 9.89. The standard InChI is InChI=1S/C31H27BrClFN6O/c32-27-28(23-9-5-4-8-21(23)17-35)38-40-29(37-26-11-10-22(34)16-25(26)33)24(18-36-30(27)40)31(41)39-14-12-20(13-15-39)19-6-2-1-3-7-19/h1-11,16,18,20,37H,12-15,17,35H2. The van der Waals surface area contributed by atoms with E-state index >= 15 is 0 Å². The molecule has 1 saturated heterocycles. The number of hydrogen-bond acceptors (Lipinski definition) is 5. The molecule has 0 radical (unpaired) electrons. The summed E-state index contributed by atoms with van der Waals surface area (Å²) in [5, 5.41) is 8.31. The van der Waals surface area contributed by atoms with Crippen molar-refractivity contribution in [1.82, 2.24) is 19.5 Å². The summed E-state index contributed by atoms with van der Waals surface area (Å²) in [5.74, 6) is 0.169. The van der Waals surface area contributed by atoms with Gasteiger partial charge in [0.1, 0.15) is 22.9 Å². The maximum Gasteiger partial charge on any atom is 0.259 e. The Labute approximate surface area is 250 Å². The van der Waals surface area contributed by atoms with Gasteiger partial charge in [-0.15, -0.1) is 0 Å². The van der Waals surface area contributed by atoms with Gasteiger partial charge in [0, 0.05) is 31.4 Å². The molecular formula is C31H27BrClFN6O. The molecule has 3 heterocycles. The lowest BCUT2D eigenvalue weighted by Gasteiger charge is -2.32. The fraction of sp³-hybridized carbons (Fsp3) is 0.194. The highest BCUT2D eigenvalue weighted by Gasteiger charge is 2.29. The van der Waals surface area contributed by atoms with E-state index in [1.807, 2.05) is 35.2 Å². The fourth-order valence-electron chi connectivity index (χ4n) is 5.37. The van der Waals surface area contributed by atoms with Crippen LogP contribution in [0.1, 0.15) is 40.2 Å². The van der Waals surface area contributed by atoms with E-state index in [0.29, 0.717) is 58.4 Å². The van der Waals surface area contributed by atoms with Gasteiger partial charge in [0.15, 0.2) is 5.65 Å². The molecule has 1 aliphatic heterocycles. The molecule has 0 unspecified atom stereocenters. The predicted molar refractivity (Wildman–Crippen MR) is 163 cm³/mol. The third kappa shape index (κ3) is 5.32. The maximum atomic E-state index is 14.0. The highest BCUT2D eigenvalue weighted by atomic mass is 79.9. The van der Waals surface area contributed by atoms with E-state index in [-0.39, 0.29) is 10.9 Å². The average Bonchev–Trinajstić information content (AvgIpc) is 3.35. The number of benzene rings is 3. The van der Waals surface area contributed by atoms with E-state index < -0.39 is 5.82 Å². The van der Waals surface area contributed by atoms with Crippen molar-refractivity contribution >= 4 is 50.6 Å². The predicted octanol–water partition coefficient (Wildman–Crippen LogP) is 7.17. The van der Waals surface area contributed by atoms with Gasteiger partial charge in [-0.3, -0.25) is 4.79 Å². The van der Waals surface area contributed by atoms with Crippen LogP contribution in [0, 0.1) is 5.82 Å². The van der Waals surface area contributed by atoms with Crippen molar-refractivity contribution in [2.75, 3.05) is 18.4 Å². The van der Waals surface area contributed by atoms with Crippen molar-refractivity contribution < 1.29 is 9.18 Å². The second-order valence-electron chi connectivity index (χ2n) is 10.0. The molecule has 3 aromatic carbocycles. The number of nitrogens with two attached hydrogens (primary N) is 1. The Bertz CT molecular complexity index is 1740.